The highest BCUT2D eigenvalue weighted by Crippen LogP contribution is 2.20. The van der Waals surface area contributed by atoms with Crippen LogP contribution in [0.1, 0.15) is 59.2 Å². The Hall–Kier alpha value is -3.53. The smallest absolute Gasteiger partial charge is 0.230 e. The highest BCUT2D eigenvalue weighted by atomic mass is 15.2. The van der Waals surface area contributed by atoms with Gasteiger partial charge in [-0.3, -0.25) is 0 Å². The Bertz CT molecular complexity index is 1130. The second-order valence-electron chi connectivity index (χ2n) is 8.72. The van der Waals surface area contributed by atoms with Gasteiger partial charge < -0.3 is 5.32 Å². The van der Waals surface area contributed by atoms with E-state index in [2.05, 4.69) is 106 Å². The second-order valence-corrected chi connectivity index (χ2v) is 8.72. The average molecular weight is 423 g/mol. The zero-order chi connectivity index (χ0) is 22.5. The van der Waals surface area contributed by atoms with E-state index in [4.69, 9.17) is 15.0 Å². The zero-order valence-corrected chi connectivity index (χ0v) is 19.3. The Morgan fingerprint density at radius 3 is 1.69 bits per heavy atom. The maximum absolute atomic E-state index is 4.80. The number of hydrogen-bond acceptors (Lipinski definition) is 4. The van der Waals surface area contributed by atoms with Crippen molar-refractivity contribution in [2.75, 3.05) is 5.32 Å². The normalized spacial score (nSPS) is 11.0. The monoisotopic (exact) mass is 422 g/mol. The molecule has 0 amide bonds. The van der Waals surface area contributed by atoms with Crippen LogP contribution in [0.2, 0.25) is 0 Å². The topological polar surface area (TPSA) is 50.7 Å². The molecule has 1 N–H and O–H groups in total. The van der Waals surface area contributed by atoms with Gasteiger partial charge in [-0.2, -0.15) is 9.97 Å². The highest BCUT2D eigenvalue weighted by Gasteiger charge is 2.10. The van der Waals surface area contributed by atoms with Crippen LogP contribution >= 0.6 is 0 Å². The molecule has 32 heavy (non-hydrogen) atoms. The molecular weight excluding hydrogens is 392 g/mol. The van der Waals surface area contributed by atoms with E-state index >= 15 is 0 Å². The molecule has 1 heterocycles. The lowest BCUT2D eigenvalue weighted by Gasteiger charge is -2.11. The third-order valence-corrected chi connectivity index (χ3v) is 5.45. The van der Waals surface area contributed by atoms with Gasteiger partial charge in [0, 0.05) is 18.5 Å². The molecule has 0 spiro atoms. The van der Waals surface area contributed by atoms with Crippen molar-refractivity contribution in [3.8, 4) is 0 Å². The van der Waals surface area contributed by atoms with Gasteiger partial charge in [-0.05, 0) is 48.6 Å². The fraction of sp³-hybridized carbons (Fsp3) is 0.250. The van der Waals surface area contributed by atoms with Gasteiger partial charge in [0.15, 0.2) is 0 Å². The van der Waals surface area contributed by atoms with Crippen molar-refractivity contribution in [3.63, 3.8) is 0 Å². The molecule has 0 saturated heterocycles. The van der Waals surface area contributed by atoms with Gasteiger partial charge in [0.25, 0.3) is 0 Å². The minimum absolute atomic E-state index is 0.503. The van der Waals surface area contributed by atoms with Gasteiger partial charge >= 0.3 is 0 Å². The number of aromatic nitrogens is 3. The minimum atomic E-state index is 0.503. The Balaban J connectivity index is 1.64. The van der Waals surface area contributed by atoms with Crippen LogP contribution in [0.5, 0.6) is 0 Å². The first kappa shape index (κ1) is 21.7. The Morgan fingerprint density at radius 1 is 0.688 bits per heavy atom. The van der Waals surface area contributed by atoms with Crippen molar-refractivity contribution < 1.29 is 0 Å². The SMILES string of the molecule is Cc1cccc(Cc2nc(Cc3cccc(C)c3)nc(Nc3ccc(C(C)C)cc3)n2)c1. The maximum Gasteiger partial charge on any atom is 0.230 e. The molecule has 0 aliphatic rings. The third-order valence-electron chi connectivity index (χ3n) is 5.45. The largest absolute Gasteiger partial charge is 0.324 e. The van der Waals surface area contributed by atoms with Crippen LogP contribution in [0.25, 0.3) is 0 Å². The van der Waals surface area contributed by atoms with Crippen LogP contribution < -0.4 is 5.32 Å². The van der Waals surface area contributed by atoms with Crippen molar-refractivity contribution in [2.45, 2.75) is 46.5 Å². The quantitative estimate of drug-likeness (QED) is 0.367. The number of anilines is 2. The molecule has 0 saturated carbocycles. The maximum atomic E-state index is 4.80. The molecule has 4 aromatic rings. The van der Waals surface area contributed by atoms with E-state index in [0.29, 0.717) is 24.7 Å². The van der Waals surface area contributed by atoms with Crippen molar-refractivity contribution in [3.05, 3.63) is 112 Å². The summed E-state index contributed by atoms with van der Waals surface area (Å²) in [7, 11) is 0. The van der Waals surface area contributed by atoms with E-state index in [1.807, 2.05) is 0 Å². The van der Waals surface area contributed by atoms with E-state index in [9.17, 15) is 0 Å². The molecule has 0 unspecified atom stereocenters. The second kappa shape index (κ2) is 9.73. The molecule has 0 fully saturated rings. The molecule has 162 valence electrons. The molecule has 4 rings (SSSR count). The van der Waals surface area contributed by atoms with Crippen LogP contribution in [-0.2, 0) is 12.8 Å². The van der Waals surface area contributed by atoms with Gasteiger partial charge in [-0.25, -0.2) is 4.98 Å². The molecule has 3 aromatic carbocycles. The lowest BCUT2D eigenvalue weighted by atomic mass is 10.0. The molecule has 0 bridgehead atoms. The fourth-order valence-corrected chi connectivity index (χ4v) is 3.77. The first-order valence-corrected chi connectivity index (χ1v) is 11.2. The highest BCUT2D eigenvalue weighted by molar-refractivity contribution is 5.54. The summed E-state index contributed by atoms with van der Waals surface area (Å²) in [5.74, 6) is 2.63. The van der Waals surface area contributed by atoms with E-state index in [-0.39, 0.29) is 0 Å². The lowest BCUT2D eigenvalue weighted by Crippen LogP contribution is -2.09. The van der Waals surface area contributed by atoms with Crippen molar-refractivity contribution in [1.82, 2.24) is 15.0 Å². The van der Waals surface area contributed by atoms with E-state index in [1.165, 1.54) is 27.8 Å². The first-order chi connectivity index (χ1) is 15.4. The van der Waals surface area contributed by atoms with Crippen molar-refractivity contribution in [1.29, 1.82) is 0 Å². The summed E-state index contributed by atoms with van der Waals surface area (Å²) in [6, 6.07) is 25.4. The summed E-state index contributed by atoms with van der Waals surface area (Å²) in [6.45, 7) is 8.61. The molecule has 0 aliphatic carbocycles. The number of rotatable bonds is 7. The zero-order valence-electron chi connectivity index (χ0n) is 19.3. The molecule has 0 atom stereocenters. The minimum Gasteiger partial charge on any atom is -0.324 e. The molecule has 4 heteroatoms. The number of aryl methyl sites for hydroxylation is 2. The Kier molecular flexibility index (Phi) is 6.60. The average Bonchev–Trinajstić information content (AvgIpc) is 2.74. The van der Waals surface area contributed by atoms with Crippen LogP contribution in [-0.4, -0.2) is 15.0 Å². The van der Waals surface area contributed by atoms with Crippen LogP contribution in [0.4, 0.5) is 11.6 Å². The van der Waals surface area contributed by atoms with E-state index in [0.717, 1.165) is 17.3 Å². The van der Waals surface area contributed by atoms with Crippen LogP contribution in [0, 0.1) is 13.8 Å². The van der Waals surface area contributed by atoms with Gasteiger partial charge in [-0.15, -0.1) is 0 Å². The summed E-state index contributed by atoms with van der Waals surface area (Å²) in [4.78, 5) is 14.3. The van der Waals surface area contributed by atoms with Crippen molar-refractivity contribution in [2.24, 2.45) is 0 Å². The van der Waals surface area contributed by atoms with Gasteiger partial charge in [0.1, 0.15) is 11.6 Å². The number of benzene rings is 3. The summed E-state index contributed by atoms with van der Waals surface area (Å²) in [6.07, 6.45) is 1.35. The molecule has 1 aromatic heterocycles. The number of nitrogens with one attached hydrogen (secondary N) is 1. The molecule has 4 nitrogen and oxygen atoms in total. The summed E-state index contributed by atoms with van der Waals surface area (Å²) in [5.41, 5.74) is 7.16. The number of nitrogens with zero attached hydrogens (tertiary/aromatic N) is 3. The van der Waals surface area contributed by atoms with Crippen molar-refractivity contribution >= 4 is 11.6 Å². The van der Waals surface area contributed by atoms with Gasteiger partial charge in [0.2, 0.25) is 5.95 Å². The van der Waals surface area contributed by atoms with Crippen LogP contribution in [0.15, 0.2) is 72.8 Å². The predicted molar refractivity (Wildman–Crippen MR) is 132 cm³/mol. The van der Waals surface area contributed by atoms with E-state index < -0.39 is 0 Å². The fourth-order valence-electron chi connectivity index (χ4n) is 3.77. The number of hydrogen-bond donors (Lipinski definition) is 1. The summed E-state index contributed by atoms with van der Waals surface area (Å²) >= 11 is 0. The Morgan fingerprint density at radius 2 is 1.22 bits per heavy atom. The summed E-state index contributed by atoms with van der Waals surface area (Å²) in [5, 5.41) is 3.38. The molecule has 0 aliphatic heterocycles. The van der Waals surface area contributed by atoms with E-state index in [1.54, 1.807) is 0 Å². The van der Waals surface area contributed by atoms with Gasteiger partial charge in [0.05, 0.1) is 0 Å². The molecule has 0 radical (unpaired) electrons. The standard InChI is InChI=1S/C28H30N4/c1-19(2)24-11-13-25(14-12-24)29-28-31-26(17-22-9-5-7-20(3)15-22)30-27(32-28)18-23-10-6-8-21(4)16-23/h5-16,19H,17-18H2,1-4H3,(H,29,30,31,32). The lowest BCUT2D eigenvalue weighted by molar-refractivity contribution is 0.855. The summed E-state index contributed by atoms with van der Waals surface area (Å²) < 4.78 is 0. The predicted octanol–water partition coefficient (Wildman–Crippen LogP) is 6.54. The molecular formula is C28H30N4. The van der Waals surface area contributed by atoms with Crippen LogP contribution in [0.3, 0.4) is 0 Å². The van der Waals surface area contributed by atoms with Gasteiger partial charge in [-0.1, -0.05) is 85.6 Å². The third kappa shape index (κ3) is 5.79. The Labute approximate surface area is 190 Å². The first-order valence-electron chi connectivity index (χ1n) is 11.2.